The third kappa shape index (κ3) is 4.61. The normalized spacial score (nSPS) is 11.6. The zero-order chi connectivity index (χ0) is 17.6. The molecule has 4 heteroatoms. The molecule has 136 valence electrons. The molecular weight excluding hydrogens is 423 g/mol. The summed E-state index contributed by atoms with van der Waals surface area (Å²) in [6.07, 6.45) is 0.640. The van der Waals surface area contributed by atoms with E-state index >= 15 is 0 Å². The van der Waals surface area contributed by atoms with Crippen molar-refractivity contribution < 1.29 is 9.59 Å². The summed E-state index contributed by atoms with van der Waals surface area (Å²) in [7, 11) is 2.22. The molecule has 0 amide bonds. The smallest absolute Gasteiger partial charge is 0.0799 e. The SMILES string of the molecule is CC[N+](C)(CC)CCC(C(=N)[O-])(c1ccccc1)c1ccccc1.I. The van der Waals surface area contributed by atoms with Crippen LogP contribution in [0.1, 0.15) is 31.4 Å². The average molecular weight is 452 g/mol. The molecule has 2 aromatic carbocycles. The van der Waals surface area contributed by atoms with Crippen LogP contribution in [0.4, 0.5) is 0 Å². The molecule has 2 aromatic rings. The number of nitrogens with one attached hydrogen (secondary N) is 1. The van der Waals surface area contributed by atoms with Crippen LogP contribution in [0.3, 0.4) is 0 Å². The van der Waals surface area contributed by atoms with Gasteiger partial charge in [-0.25, -0.2) is 0 Å². The highest BCUT2D eigenvalue weighted by Gasteiger charge is 2.36. The molecule has 0 spiro atoms. The molecule has 0 aromatic heterocycles. The second-order valence-corrected chi connectivity index (χ2v) is 6.69. The summed E-state index contributed by atoms with van der Waals surface area (Å²) in [5, 5.41) is 20.8. The number of nitrogens with zero attached hydrogens (tertiary/aromatic N) is 1. The van der Waals surface area contributed by atoms with Crippen LogP contribution in [0, 0.1) is 5.41 Å². The lowest BCUT2D eigenvalue weighted by atomic mass is 9.71. The summed E-state index contributed by atoms with van der Waals surface area (Å²) >= 11 is 0. The van der Waals surface area contributed by atoms with E-state index in [1.807, 2.05) is 60.7 Å². The van der Waals surface area contributed by atoms with Crippen molar-refractivity contribution in [3.63, 3.8) is 0 Å². The van der Waals surface area contributed by atoms with Crippen LogP contribution in [0.2, 0.25) is 0 Å². The van der Waals surface area contributed by atoms with Crippen LogP contribution in [0.25, 0.3) is 0 Å². The molecule has 3 nitrogen and oxygen atoms in total. The molecule has 1 N–H and O–H groups in total. The molecule has 0 aliphatic carbocycles. The molecule has 0 bridgehead atoms. The van der Waals surface area contributed by atoms with Gasteiger partial charge in [0.05, 0.1) is 32.1 Å². The van der Waals surface area contributed by atoms with Gasteiger partial charge >= 0.3 is 0 Å². The molecule has 0 fully saturated rings. The molecule has 0 unspecified atom stereocenters. The quantitative estimate of drug-likeness (QED) is 0.282. The van der Waals surface area contributed by atoms with Gasteiger partial charge in [-0.3, -0.25) is 0 Å². The number of benzene rings is 2. The number of hydrogen-bond donors (Lipinski definition) is 1. The third-order valence-electron chi connectivity index (χ3n) is 5.47. The van der Waals surface area contributed by atoms with Crippen molar-refractivity contribution in [1.82, 2.24) is 0 Å². The Balaban J connectivity index is 0.00000312. The standard InChI is InChI=1S/C21H28N2O.HI/c1-4-23(3,5-2)17-16-21(20(22)24,18-12-8-6-9-13-18)19-14-10-7-11-15-19;/h6-15H,4-5,16-17H2,1-3H3,(H-,22,24);1H. The first-order valence-corrected chi connectivity index (χ1v) is 8.69. The van der Waals surface area contributed by atoms with Gasteiger partial charge in [0, 0.05) is 6.42 Å². The summed E-state index contributed by atoms with van der Waals surface area (Å²) < 4.78 is 0.898. The highest BCUT2D eigenvalue weighted by atomic mass is 127. The number of halogens is 1. The van der Waals surface area contributed by atoms with Gasteiger partial charge in [0.15, 0.2) is 0 Å². The van der Waals surface area contributed by atoms with Crippen molar-refractivity contribution in [3.05, 3.63) is 71.8 Å². The van der Waals surface area contributed by atoms with E-state index in [0.717, 1.165) is 35.2 Å². The van der Waals surface area contributed by atoms with Crippen molar-refractivity contribution in [2.75, 3.05) is 26.7 Å². The second-order valence-electron chi connectivity index (χ2n) is 6.69. The van der Waals surface area contributed by atoms with E-state index in [4.69, 9.17) is 5.41 Å². The van der Waals surface area contributed by atoms with Gasteiger partial charge < -0.3 is 15.0 Å². The van der Waals surface area contributed by atoms with Crippen molar-refractivity contribution in [2.45, 2.75) is 25.7 Å². The number of rotatable bonds is 8. The van der Waals surface area contributed by atoms with E-state index in [1.54, 1.807) is 0 Å². The van der Waals surface area contributed by atoms with E-state index in [1.165, 1.54) is 0 Å². The Bertz CT molecular complexity index is 615. The Morgan fingerprint density at radius 3 is 1.64 bits per heavy atom. The maximum absolute atomic E-state index is 12.6. The average Bonchev–Trinajstić information content (AvgIpc) is 2.63. The monoisotopic (exact) mass is 452 g/mol. The first-order chi connectivity index (χ1) is 11.5. The lowest BCUT2D eigenvalue weighted by molar-refractivity contribution is -0.906. The lowest BCUT2D eigenvalue weighted by Gasteiger charge is -2.42. The largest absolute Gasteiger partial charge is 0.861 e. The summed E-state index contributed by atoms with van der Waals surface area (Å²) in [5.41, 5.74) is 0.928. The minimum Gasteiger partial charge on any atom is -0.861 e. The van der Waals surface area contributed by atoms with Crippen LogP contribution in [-0.4, -0.2) is 37.1 Å². The van der Waals surface area contributed by atoms with Crippen LogP contribution >= 0.6 is 24.0 Å². The Morgan fingerprint density at radius 2 is 1.32 bits per heavy atom. The fraction of sp³-hybridized carbons (Fsp3) is 0.381. The Kier molecular flexibility index (Phi) is 8.09. The third-order valence-corrected chi connectivity index (χ3v) is 5.47. The first kappa shape index (κ1) is 21.6. The van der Waals surface area contributed by atoms with Gasteiger partial charge in [0.2, 0.25) is 0 Å². The molecular formula is C21H29IN2O. The van der Waals surface area contributed by atoms with Crippen molar-refractivity contribution >= 4 is 29.9 Å². The van der Waals surface area contributed by atoms with Crippen molar-refractivity contribution in [1.29, 1.82) is 5.41 Å². The van der Waals surface area contributed by atoms with Crippen LogP contribution in [0.5, 0.6) is 0 Å². The fourth-order valence-corrected chi connectivity index (χ4v) is 3.25. The highest BCUT2D eigenvalue weighted by Crippen LogP contribution is 2.36. The second kappa shape index (κ2) is 9.34. The lowest BCUT2D eigenvalue weighted by Crippen LogP contribution is -2.51. The summed E-state index contributed by atoms with van der Waals surface area (Å²) in [6, 6.07) is 19.6. The summed E-state index contributed by atoms with van der Waals surface area (Å²) in [4.78, 5) is 0. The molecule has 0 heterocycles. The van der Waals surface area contributed by atoms with Crippen LogP contribution < -0.4 is 5.11 Å². The molecule has 0 aliphatic heterocycles. The predicted molar refractivity (Wildman–Crippen MR) is 114 cm³/mol. The molecule has 0 saturated heterocycles. The van der Waals surface area contributed by atoms with Crippen molar-refractivity contribution in [2.24, 2.45) is 0 Å². The van der Waals surface area contributed by atoms with Gasteiger partial charge in [-0.2, -0.15) is 0 Å². The molecule has 2 rings (SSSR count). The topological polar surface area (TPSA) is 46.9 Å². The van der Waals surface area contributed by atoms with E-state index in [-0.39, 0.29) is 24.0 Å². The summed E-state index contributed by atoms with van der Waals surface area (Å²) in [5.74, 6) is -0.529. The zero-order valence-electron chi connectivity index (χ0n) is 15.4. The minimum atomic E-state index is -0.896. The predicted octanol–water partition coefficient (Wildman–Crippen LogP) is 3.80. The maximum atomic E-state index is 12.6. The van der Waals surface area contributed by atoms with E-state index in [9.17, 15) is 5.11 Å². The summed E-state index contributed by atoms with van der Waals surface area (Å²) in [6.45, 7) is 7.25. The first-order valence-electron chi connectivity index (χ1n) is 8.69. The van der Waals surface area contributed by atoms with E-state index < -0.39 is 11.3 Å². The molecule has 0 aliphatic rings. The van der Waals surface area contributed by atoms with Crippen LogP contribution in [-0.2, 0) is 5.41 Å². The molecule has 0 saturated carbocycles. The van der Waals surface area contributed by atoms with E-state index in [0.29, 0.717) is 6.42 Å². The van der Waals surface area contributed by atoms with Gasteiger partial charge in [0.1, 0.15) is 0 Å². The number of quaternary nitrogens is 1. The number of hydrogen-bond acceptors (Lipinski definition) is 2. The molecule has 0 atom stereocenters. The Morgan fingerprint density at radius 1 is 0.920 bits per heavy atom. The van der Waals surface area contributed by atoms with Gasteiger partial charge in [-0.1, -0.05) is 60.7 Å². The minimum absolute atomic E-state index is 0. The molecule has 25 heavy (non-hydrogen) atoms. The van der Waals surface area contributed by atoms with Crippen molar-refractivity contribution in [3.8, 4) is 0 Å². The Labute approximate surface area is 168 Å². The van der Waals surface area contributed by atoms with Gasteiger partial charge in [-0.05, 0) is 30.9 Å². The van der Waals surface area contributed by atoms with Crippen LogP contribution in [0.15, 0.2) is 60.7 Å². The maximum Gasteiger partial charge on any atom is 0.0799 e. The van der Waals surface area contributed by atoms with E-state index in [2.05, 4.69) is 20.9 Å². The highest BCUT2D eigenvalue weighted by molar-refractivity contribution is 14.0. The molecule has 0 radical (unpaired) electrons. The Hall–Kier alpha value is -1.40. The van der Waals surface area contributed by atoms with Gasteiger partial charge in [-0.15, -0.1) is 24.0 Å². The zero-order valence-corrected chi connectivity index (χ0v) is 17.7. The fourth-order valence-electron chi connectivity index (χ4n) is 3.25. The van der Waals surface area contributed by atoms with Gasteiger partial charge in [0.25, 0.3) is 0 Å².